The minimum Gasteiger partial charge on any atom is -0.506 e. The number of fused-ring (bicyclic) bond motifs is 1. The molecule has 0 saturated heterocycles. The third kappa shape index (κ3) is 4.48. The Hall–Kier alpha value is -2.37. The first kappa shape index (κ1) is 21.8. The largest absolute Gasteiger partial charge is 0.506 e. The summed E-state index contributed by atoms with van der Waals surface area (Å²) in [4.78, 5) is 21.1. The fourth-order valence-corrected chi connectivity index (χ4v) is 5.12. The molecule has 1 amide bonds. The first-order valence-corrected chi connectivity index (χ1v) is 11.8. The molecule has 1 aliphatic heterocycles. The molecule has 1 atom stereocenters. The number of hydrogen-bond donors (Lipinski definition) is 1. The molecule has 162 valence electrons. The predicted octanol–water partition coefficient (Wildman–Crippen LogP) is 5.91. The summed E-state index contributed by atoms with van der Waals surface area (Å²) in [5.74, 6) is 0.131. The van der Waals surface area contributed by atoms with E-state index in [-0.39, 0.29) is 23.1 Å². The molecule has 1 N–H and O–H groups in total. The van der Waals surface area contributed by atoms with Crippen molar-refractivity contribution in [2.75, 3.05) is 6.54 Å². The highest BCUT2D eigenvalue weighted by Crippen LogP contribution is 2.38. The Balaban J connectivity index is 1.58. The number of nitrogens with zero attached hydrogens (tertiary/aromatic N) is 2. The average Bonchev–Trinajstić information content (AvgIpc) is 3.22. The van der Waals surface area contributed by atoms with Gasteiger partial charge in [-0.2, -0.15) is 0 Å². The van der Waals surface area contributed by atoms with Crippen molar-refractivity contribution in [3.8, 4) is 5.75 Å². The zero-order valence-electron chi connectivity index (χ0n) is 18.1. The maximum Gasteiger partial charge on any atom is 0.223 e. The maximum absolute atomic E-state index is 13.4. The molecular weight excluding hydrogens is 428 g/mol. The van der Waals surface area contributed by atoms with Crippen molar-refractivity contribution in [3.05, 3.63) is 80.3 Å². The molecule has 4 rings (SSSR count). The fraction of sp³-hybridized carbons (Fsp3) is 0.360. The van der Waals surface area contributed by atoms with Gasteiger partial charge in [0.2, 0.25) is 5.91 Å². The molecule has 0 bridgehead atoms. The lowest BCUT2D eigenvalue weighted by Gasteiger charge is -2.35. The molecular formula is C25H27ClN2O2S. The number of carbonyl (C=O) groups is 1. The summed E-state index contributed by atoms with van der Waals surface area (Å²) in [6.45, 7) is 6.99. The Bertz CT molecular complexity index is 1090. The normalized spacial score (nSPS) is 16.3. The van der Waals surface area contributed by atoms with Crippen LogP contribution < -0.4 is 0 Å². The smallest absolute Gasteiger partial charge is 0.223 e. The van der Waals surface area contributed by atoms with Crippen LogP contribution in [0.1, 0.15) is 60.5 Å². The quantitative estimate of drug-likeness (QED) is 0.533. The van der Waals surface area contributed by atoms with Crippen molar-refractivity contribution >= 4 is 28.8 Å². The third-order valence-electron chi connectivity index (χ3n) is 5.88. The van der Waals surface area contributed by atoms with Gasteiger partial charge in [-0.1, -0.05) is 68.8 Å². The number of carbonyl (C=O) groups excluding carboxylic acids is 1. The van der Waals surface area contributed by atoms with E-state index in [4.69, 9.17) is 11.6 Å². The Morgan fingerprint density at radius 3 is 2.71 bits per heavy atom. The van der Waals surface area contributed by atoms with E-state index in [0.717, 1.165) is 23.2 Å². The van der Waals surface area contributed by atoms with Crippen LogP contribution in [0, 0.1) is 0 Å². The van der Waals surface area contributed by atoms with Crippen molar-refractivity contribution in [3.63, 3.8) is 0 Å². The average molecular weight is 455 g/mol. The SMILES string of the molecule is CC(C)(C)c1cc(Cl)c(O)c(CCC(=O)N2CCc3scnc3[C@H]2c2ccccc2)c1. The van der Waals surface area contributed by atoms with Gasteiger partial charge in [0, 0.05) is 24.3 Å². The fourth-order valence-electron chi connectivity index (χ4n) is 4.09. The molecule has 2 heterocycles. The number of phenolic OH excluding ortho intramolecular Hbond substituents is 1. The lowest BCUT2D eigenvalue weighted by atomic mass is 9.85. The topological polar surface area (TPSA) is 53.4 Å². The molecule has 0 aliphatic carbocycles. The van der Waals surface area contributed by atoms with E-state index in [0.29, 0.717) is 30.0 Å². The number of rotatable bonds is 4. The van der Waals surface area contributed by atoms with Crippen LogP contribution in [-0.2, 0) is 23.1 Å². The van der Waals surface area contributed by atoms with Gasteiger partial charge < -0.3 is 10.0 Å². The molecule has 31 heavy (non-hydrogen) atoms. The van der Waals surface area contributed by atoms with Crippen LogP contribution >= 0.6 is 22.9 Å². The summed E-state index contributed by atoms with van der Waals surface area (Å²) in [5, 5.41) is 10.8. The van der Waals surface area contributed by atoms with Gasteiger partial charge in [-0.15, -0.1) is 11.3 Å². The van der Waals surface area contributed by atoms with E-state index >= 15 is 0 Å². The molecule has 0 radical (unpaired) electrons. The van der Waals surface area contributed by atoms with E-state index in [1.807, 2.05) is 40.7 Å². The first-order valence-electron chi connectivity index (χ1n) is 10.5. The van der Waals surface area contributed by atoms with Crippen LogP contribution in [0.4, 0.5) is 0 Å². The number of aryl methyl sites for hydroxylation is 1. The zero-order valence-corrected chi connectivity index (χ0v) is 19.6. The van der Waals surface area contributed by atoms with Crippen LogP contribution in [0.2, 0.25) is 5.02 Å². The van der Waals surface area contributed by atoms with Crippen molar-refractivity contribution in [1.29, 1.82) is 0 Å². The standard InChI is InChI=1S/C25H27ClN2O2S/c1-25(2,3)18-13-17(24(30)19(26)14-18)9-10-21(29)28-12-11-20-22(27-15-31-20)23(28)16-7-5-4-6-8-16/h4-8,13-15,23,30H,9-12H2,1-3H3/t23-/m1/s1. The highest BCUT2D eigenvalue weighted by atomic mass is 35.5. The molecule has 6 heteroatoms. The number of aromatic nitrogens is 1. The van der Waals surface area contributed by atoms with Crippen molar-refractivity contribution < 1.29 is 9.90 Å². The second kappa shape index (κ2) is 8.64. The van der Waals surface area contributed by atoms with Gasteiger partial charge in [-0.3, -0.25) is 4.79 Å². The third-order valence-corrected chi connectivity index (χ3v) is 7.07. The summed E-state index contributed by atoms with van der Waals surface area (Å²) in [7, 11) is 0. The van der Waals surface area contributed by atoms with Gasteiger partial charge in [0.15, 0.2) is 0 Å². The minimum absolute atomic E-state index is 0.0594. The van der Waals surface area contributed by atoms with Crippen LogP contribution in [-0.4, -0.2) is 27.4 Å². The predicted molar refractivity (Wildman–Crippen MR) is 126 cm³/mol. The maximum atomic E-state index is 13.4. The molecule has 2 aromatic carbocycles. The van der Waals surface area contributed by atoms with Crippen LogP contribution in [0.3, 0.4) is 0 Å². The van der Waals surface area contributed by atoms with Gasteiger partial charge >= 0.3 is 0 Å². The van der Waals surface area contributed by atoms with Crippen LogP contribution in [0.15, 0.2) is 48.0 Å². The van der Waals surface area contributed by atoms with Crippen molar-refractivity contribution in [2.24, 2.45) is 0 Å². The van der Waals surface area contributed by atoms with E-state index in [9.17, 15) is 9.90 Å². The number of aromatic hydroxyl groups is 1. The van der Waals surface area contributed by atoms with Gasteiger partial charge in [0.05, 0.1) is 16.2 Å². The van der Waals surface area contributed by atoms with Gasteiger partial charge in [-0.05, 0) is 34.6 Å². The van der Waals surface area contributed by atoms with Gasteiger partial charge in [0.25, 0.3) is 0 Å². The van der Waals surface area contributed by atoms with E-state index in [1.165, 1.54) is 4.88 Å². The number of amides is 1. The zero-order chi connectivity index (χ0) is 22.2. The molecule has 1 aliphatic rings. The minimum atomic E-state index is -0.165. The highest BCUT2D eigenvalue weighted by Gasteiger charge is 2.33. The Kier molecular flexibility index (Phi) is 6.09. The lowest BCUT2D eigenvalue weighted by Crippen LogP contribution is -2.40. The molecule has 4 nitrogen and oxygen atoms in total. The van der Waals surface area contributed by atoms with Crippen LogP contribution in [0.25, 0.3) is 0 Å². The molecule has 0 spiro atoms. The molecule has 0 saturated carbocycles. The molecule has 0 unspecified atom stereocenters. The lowest BCUT2D eigenvalue weighted by molar-refractivity contribution is -0.133. The first-order chi connectivity index (χ1) is 14.8. The Labute approximate surface area is 192 Å². The summed E-state index contributed by atoms with van der Waals surface area (Å²) in [5.41, 5.74) is 5.59. The molecule has 3 aromatic rings. The molecule has 1 aromatic heterocycles. The number of benzene rings is 2. The van der Waals surface area contributed by atoms with E-state index in [2.05, 4.69) is 37.9 Å². The van der Waals surface area contributed by atoms with E-state index < -0.39 is 0 Å². The number of hydrogen-bond acceptors (Lipinski definition) is 4. The Morgan fingerprint density at radius 2 is 2.00 bits per heavy atom. The second-order valence-corrected chi connectivity index (χ2v) is 10.4. The van der Waals surface area contributed by atoms with Crippen molar-refractivity contribution in [2.45, 2.75) is 51.5 Å². The summed E-state index contributed by atoms with van der Waals surface area (Å²) >= 11 is 7.94. The van der Waals surface area contributed by atoms with Crippen molar-refractivity contribution in [1.82, 2.24) is 9.88 Å². The van der Waals surface area contributed by atoms with Gasteiger partial charge in [0.1, 0.15) is 11.8 Å². The van der Waals surface area contributed by atoms with E-state index in [1.54, 1.807) is 11.3 Å². The van der Waals surface area contributed by atoms with Crippen LogP contribution in [0.5, 0.6) is 5.75 Å². The summed E-state index contributed by atoms with van der Waals surface area (Å²) < 4.78 is 0. The monoisotopic (exact) mass is 454 g/mol. The number of thiazole rings is 1. The summed E-state index contributed by atoms with van der Waals surface area (Å²) in [6, 6.07) is 13.7. The Morgan fingerprint density at radius 1 is 1.26 bits per heavy atom. The molecule has 0 fully saturated rings. The highest BCUT2D eigenvalue weighted by molar-refractivity contribution is 7.09. The summed E-state index contributed by atoms with van der Waals surface area (Å²) in [6.07, 6.45) is 1.57. The van der Waals surface area contributed by atoms with Gasteiger partial charge in [-0.25, -0.2) is 4.98 Å². The second-order valence-electron chi connectivity index (χ2n) is 9.03. The number of phenols is 1. The number of halogens is 1.